The summed E-state index contributed by atoms with van der Waals surface area (Å²) in [7, 11) is 1.54. The number of aryl methyl sites for hydroxylation is 1. The van der Waals surface area contributed by atoms with Crippen LogP contribution in [-0.2, 0) is 21.5 Å². The number of carbonyl (C=O) groups is 1. The van der Waals surface area contributed by atoms with E-state index in [-0.39, 0.29) is 22.5 Å². The van der Waals surface area contributed by atoms with Gasteiger partial charge in [-0.05, 0) is 137 Å². The van der Waals surface area contributed by atoms with Gasteiger partial charge in [-0.25, -0.2) is 4.21 Å². The van der Waals surface area contributed by atoms with Gasteiger partial charge in [0, 0.05) is 60.0 Å². The molecule has 262 valence electrons. The normalized spacial score (nSPS) is 34.7. The van der Waals surface area contributed by atoms with Crippen LogP contribution in [0.3, 0.4) is 0 Å². The van der Waals surface area contributed by atoms with Crippen molar-refractivity contribution in [2.75, 3.05) is 58.3 Å². The first-order valence-electron chi connectivity index (χ1n) is 18.3. The average Bonchev–Trinajstić information content (AvgIpc) is 3.16. The maximum absolute atomic E-state index is 13.9. The van der Waals surface area contributed by atoms with Crippen molar-refractivity contribution in [2.45, 2.75) is 81.9 Å². The summed E-state index contributed by atoms with van der Waals surface area (Å²) < 4.78 is 23.5. The fourth-order valence-corrected chi connectivity index (χ4v) is 11.1. The van der Waals surface area contributed by atoms with Crippen LogP contribution in [0, 0.1) is 23.7 Å². The molecule has 3 aliphatic heterocycles. The predicted molar refractivity (Wildman–Crippen MR) is 199 cm³/mol. The number of benzene rings is 2. The summed E-state index contributed by atoms with van der Waals surface area (Å²) in [6, 6.07) is 12.8. The maximum atomic E-state index is 13.9. The van der Waals surface area contributed by atoms with Gasteiger partial charge in [-0.2, -0.15) is 0 Å². The minimum absolute atomic E-state index is 0.162. The molecule has 1 saturated carbocycles. The van der Waals surface area contributed by atoms with E-state index in [2.05, 4.69) is 58.4 Å². The van der Waals surface area contributed by atoms with Crippen LogP contribution in [0.1, 0.15) is 80.3 Å². The summed E-state index contributed by atoms with van der Waals surface area (Å²) in [6.07, 6.45) is 9.00. The molecule has 1 N–H and O–H groups in total. The summed E-state index contributed by atoms with van der Waals surface area (Å²) in [5.74, 6) is 6.69. The largest absolute Gasteiger partial charge is 0.490 e. The quantitative estimate of drug-likeness (QED) is 0.383. The van der Waals surface area contributed by atoms with Gasteiger partial charge in [0.15, 0.2) is 0 Å². The van der Waals surface area contributed by atoms with Gasteiger partial charge in [0.05, 0.1) is 22.0 Å². The first kappa shape index (κ1) is 34.2. The minimum atomic E-state index is -2.85. The van der Waals surface area contributed by atoms with Crippen LogP contribution in [-0.4, -0.2) is 90.5 Å². The third-order valence-electron chi connectivity index (χ3n) is 12.9. The highest BCUT2D eigenvalue weighted by Gasteiger charge is 2.45. The van der Waals surface area contributed by atoms with Crippen LogP contribution in [0.2, 0.25) is 5.02 Å². The van der Waals surface area contributed by atoms with Crippen LogP contribution in [0.4, 0.5) is 5.69 Å². The number of hydrogen-bond acceptors (Lipinski definition) is 6. The van der Waals surface area contributed by atoms with Crippen LogP contribution < -0.4 is 14.4 Å². The number of fused-ring (bicyclic) bond motifs is 4. The lowest BCUT2D eigenvalue weighted by Gasteiger charge is -2.50. The van der Waals surface area contributed by atoms with Gasteiger partial charge in [0.1, 0.15) is 5.75 Å². The van der Waals surface area contributed by atoms with Crippen molar-refractivity contribution in [3.63, 3.8) is 0 Å². The van der Waals surface area contributed by atoms with E-state index in [1.165, 1.54) is 36.9 Å². The van der Waals surface area contributed by atoms with Gasteiger partial charge in [-0.1, -0.05) is 31.0 Å². The summed E-state index contributed by atoms with van der Waals surface area (Å²) >= 11 is 6.49. The Morgan fingerprint density at radius 1 is 1.06 bits per heavy atom. The lowest BCUT2D eigenvalue weighted by atomic mass is 9.64. The Labute approximate surface area is 293 Å². The van der Waals surface area contributed by atoms with Gasteiger partial charge < -0.3 is 14.5 Å². The molecule has 2 aliphatic carbocycles. The molecule has 7 rings (SSSR count). The molecule has 2 bridgehead atoms. The second-order valence-corrected chi connectivity index (χ2v) is 19.0. The van der Waals surface area contributed by atoms with Crippen molar-refractivity contribution < 1.29 is 13.7 Å². The van der Waals surface area contributed by atoms with Crippen LogP contribution in [0.25, 0.3) is 0 Å². The molecule has 48 heavy (non-hydrogen) atoms. The number of halogens is 1. The molecule has 1 unspecified atom stereocenters. The number of carbonyl (C=O) groups excluding carboxylic acids is 1. The van der Waals surface area contributed by atoms with Gasteiger partial charge in [0.2, 0.25) is 0 Å². The maximum Gasteiger partial charge on any atom is 0.262 e. The van der Waals surface area contributed by atoms with E-state index in [9.17, 15) is 9.00 Å². The molecule has 3 heterocycles. The predicted octanol–water partition coefficient (Wildman–Crippen LogP) is 6.27. The standard InChI is InChI=1S/C39H55ClN4O3S/c1-26-8-6-9-30(20-43-22-33(23-43)42(3)4)34-14-11-31(34)21-44-24-39(17-7-10-28-18-32(40)13-15-35(28)39)25-47-37-16-12-29(19-36(37)44)38(45)41-48(5,46)27(26)2/h12-13,15-16,18-19,26-27,30-31,33-34H,5-11,14,17,20-25H2,1-4H3,(H,41,45,46)/t26-,27+,30+,31-,34-,39-,48?/m0/s1. The molecule has 1 amide bonds. The van der Waals surface area contributed by atoms with Crippen LogP contribution >= 0.6 is 11.6 Å². The number of ether oxygens (including phenoxy) is 1. The highest BCUT2D eigenvalue weighted by Crippen LogP contribution is 2.48. The van der Waals surface area contributed by atoms with Crippen molar-refractivity contribution in [2.24, 2.45) is 23.7 Å². The lowest BCUT2D eigenvalue weighted by molar-refractivity contribution is 0.0121. The third-order valence-corrected chi connectivity index (χ3v) is 15.3. The number of nitrogens with one attached hydrogen (secondary N) is 1. The van der Waals surface area contributed by atoms with Crippen LogP contribution in [0.15, 0.2) is 36.4 Å². The monoisotopic (exact) mass is 694 g/mol. The molecule has 0 aromatic heterocycles. The van der Waals surface area contributed by atoms with E-state index < -0.39 is 9.71 Å². The first-order valence-corrected chi connectivity index (χ1v) is 20.5. The van der Waals surface area contributed by atoms with E-state index in [0.717, 1.165) is 74.7 Å². The second kappa shape index (κ2) is 13.5. The number of likely N-dealkylation sites (tertiary alicyclic amines) is 1. The van der Waals surface area contributed by atoms with E-state index in [0.29, 0.717) is 36.0 Å². The Balaban J connectivity index is 1.25. The fraction of sp³-hybridized carbons (Fsp3) is 0.641. The van der Waals surface area contributed by atoms with Gasteiger partial charge in [-0.15, -0.1) is 0 Å². The topological polar surface area (TPSA) is 65.1 Å². The highest BCUT2D eigenvalue weighted by molar-refractivity contribution is 7.99. The number of nitrogens with zero attached hydrogens (tertiary/aromatic N) is 3. The third kappa shape index (κ3) is 6.63. The molecule has 9 heteroatoms. The molecule has 7 nitrogen and oxygen atoms in total. The SMILES string of the molecule is C=S1(=O)NC(=O)c2ccc3c(c2)N(C[C@@H]2CC[C@H]2[C@@H](CN2CC(N(C)C)C2)CCC[C@H](C)[C@H]1C)C[C@@]1(CCCc2cc(Cl)ccc21)CO3. The molecule has 5 aliphatic rings. The Hall–Kier alpha value is -2.26. The van der Waals surface area contributed by atoms with E-state index in [4.69, 9.17) is 16.3 Å². The Morgan fingerprint density at radius 2 is 1.88 bits per heavy atom. The second-order valence-electron chi connectivity index (χ2n) is 16.2. The van der Waals surface area contributed by atoms with Crippen molar-refractivity contribution in [3.05, 3.63) is 58.1 Å². The molecule has 7 atom stereocenters. The zero-order valence-corrected chi connectivity index (χ0v) is 31.0. The highest BCUT2D eigenvalue weighted by atomic mass is 35.5. The molecule has 2 aromatic carbocycles. The fourth-order valence-electron chi connectivity index (χ4n) is 9.39. The molecular formula is C39H55ClN4O3S. The lowest BCUT2D eigenvalue weighted by Crippen LogP contribution is -2.59. The van der Waals surface area contributed by atoms with Crippen molar-refractivity contribution in [1.29, 1.82) is 0 Å². The van der Waals surface area contributed by atoms with Gasteiger partial charge >= 0.3 is 0 Å². The number of likely N-dealkylation sites (N-methyl/N-ethyl adjacent to an activating group) is 1. The van der Waals surface area contributed by atoms with E-state index >= 15 is 0 Å². The number of hydrogen-bond donors (Lipinski definition) is 1. The van der Waals surface area contributed by atoms with Crippen molar-refractivity contribution >= 4 is 38.8 Å². The zero-order chi connectivity index (χ0) is 33.8. The Morgan fingerprint density at radius 3 is 2.62 bits per heavy atom. The van der Waals surface area contributed by atoms with Gasteiger partial charge in [0.25, 0.3) is 5.91 Å². The number of anilines is 1. The summed E-state index contributed by atoms with van der Waals surface area (Å²) in [6.45, 7) is 10.0. The number of rotatable bonds is 3. The van der Waals surface area contributed by atoms with Gasteiger partial charge in [-0.3, -0.25) is 14.4 Å². The van der Waals surface area contributed by atoms with Crippen molar-refractivity contribution in [3.8, 4) is 5.75 Å². The Kier molecular flexibility index (Phi) is 9.59. The molecular weight excluding hydrogens is 640 g/mol. The van der Waals surface area contributed by atoms with E-state index in [1.807, 2.05) is 31.2 Å². The smallest absolute Gasteiger partial charge is 0.262 e. The molecule has 0 radical (unpaired) electrons. The molecule has 2 aromatic rings. The Bertz CT molecular complexity index is 1620. The number of amides is 1. The molecule has 2 fully saturated rings. The minimum Gasteiger partial charge on any atom is -0.490 e. The first-order chi connectivity index (χ1) is 22.9. The average molecular weight is 695 g/mol. The molecule has 1 spiro atoms. The summed E-state index contributed by atoms with van der Waals surface area (Å²) in [5, 5.41) is 0.568. The van der Waals surface area contributed by atoms with E-state index in [1.54, 1.807) is 0 Å². The van der Waals surface area contributed by atoms with Crippen LogP contribution in [0.5, 0.6) is 5.75 Å². The summed E-state index contributed by atoms with van der Waals surface area (Å²) in [5.41, 5.74) is 4.01. The van der Waals surface area contributed by atoms with Crippen molar-refractivity contribution in [1.82, 2.24) is 14.5 Å². The summed E-state index contributed by atoms with van der Waals surface area (Å²) in [4.78, 5) is 21.3. The molecule has 1 saturated heterocycles. The zero-order valence-electron chi connectivity index (χ0n) is 29.4.